The van der Waals surface area contributed by atoms with Crippen LogP contribution >= 0.6 is 0 Å². The fraction of sp³-hybridized carbons (Fsp3) is 0.130. The van der Waals surface area contributed by atoms with E-state index in [0.717, 1.165) is 11.3 Å². The van der Waals surface area contributed by atoms with Crippen molar-refractivity contribution in [2.75, 3.05) is 19.0 Å². The molecule has 148 valence electrons. The number of nitrogens with one attached hydrogen (secondary N) is 1. The maximum Gasteiger partial charge on any atom is 0.255 e. The van der Waals surface area contributed by atoms with Crippen molar-refractivity contribution in [3.8, 4) is 11.5 Å². The normalized spacial score (nSPS) is 10.3. The first-order valence-electron chi connectivity index (χ1n) is 9.00. The van der Waals surface area contributed by atoms with E-state index in [1.807, 2.05) is 24.3 Å². The lowest BCUT2D eigenvalue weighted by Crippen LogP contribution is -2.12. The topological polar surface area (TPSA) is 84.9 Å². The van der Waals surface area contributed by atoms with E-state index in [0.29, 0.717) is 29.2 Å². The summed E-state index contributed by atoms with van der Waals surface area (Å²) in [4.78, 5) is 24.0. The minimum absolute atomic E-state index is 0.305. The second-order valence-electron chi connectivity index (χ2n) is 6.28. The molecule has 0 saturated heterocycles. The summed E-state index contributed by atoms with van der Waals surface area (Å²) in [7, 11) is 1.62. The molecular formula is C23H21NO5. The van der Waals surface area contributed by atoms with Crippen molar-refractivity contribution in [3.05, 3.63) is 89.5 Å². The van der Waals surface area contributed by atoms with Gasteiger partial charge < -0.3 is 19.9 Å². The molecule has 0 bridgehead atoms. The van der Waals surface area contributed by atoms with Crippen molar-refractivity contribution in [1.29, 1.82) is 0 Å². The minimum atomic E-state index is -0.574. The van der Waals surface area contributed by atoms with Crippen LogP contribution in [0.5, 0.6) is 11.5 Å². The number of hydrogen-bond donors (Lipinski definition) is 2. The standard InChI is InChI=1S/C23H21NO5/c1-28-20-9-5-16(6-10-20)15-29-21-11-7-17(8-12-21)23(27)24-19-4-2-3-18(13-19)22(26)14-25/h2-13,25H,14-15H2,1H3,(H,24,27). The monoisotopic (exact) mass is 391 g/mol. The Morgan fingerprint density at radius 3 is 2.24 bits per heavy atom. The van der Waals surface area contributed by atoms with Crippen molar-refractivity contribution in [2.24, 2.45) is 0 Å². The molecule has 0 spiro atoms. The van der Waals surface area contributed by atoms with Crippen LogP contribution in [-0.2, 0) is 6.61 Å². The maximum atomic E-state index is 12.4. The summed E-state index contributed by atoms with van der Waals surface area (Å²) in [5, 5.41) is 11.7. The third kappa shape index (κ3) is 5.43. The molecular weight excluding hydrogens is 370 g/mol. The summed E-state index contributed by atoms with van der Waals surface area (Å²) in [6, 6.07) is 20.8. The zero-order chi connectivity index (χ0) is 20.6. The molecule has 0 aliphatic rings. The molecule has 0 aliphatic heterocycles. The van der Waals surface area contributed by atoms with Crippen LogP contribution in [0.15, 0.2) is 72.8 Å². The van der Waals surface area contributed by atoms with Gasteiger partial charge in [-0.15, -0.1) is 0 Å². The highest BCUT2D eigenvalue weighted by atomic mass is 16.5. The number of carbonyl (C=O) groups excluding carboxylic acids is 2. The number of anilines is 1. The van der Waals surface area contributed by atoms with Crippen molar-refractivity contribution in [2.45, 2.75) is 6.61 Å². The fourth-order valence-electron chi connectivity index (χ4n) is 2.66. The number of rotatable bonds is 8. The Morgan fingerprint density at radius 2 is 1.59 bits per heavy atom. The van der Waals surface area contributed by atoms with Crippen LogP contribution in [0, 0.1) is 0 Å². The zero-order valence-electron chi connectivity index (χ0n) is 15.9. The smallest absolute Gasteiger partial charge is 0.255 e. The van der Waals surface area contributed by atoms with Gasteiger partial charge in [-0.2, -0.15) is 0 Å². The van der Waals surface area contributed by atoms with Crippen molar-refractivity contribution in [1.82, 2.24) is 0 Å². The van der Waals surface area contributed by atoms with Crippen molar-refractivity contribution in [3.63, 3.8) is 0 Å². The van der Waals surface area contributed by atoms with Crippen LogP contribution in [-0.4, -0.2) is 30.5 Å². The molecule has 0 heterocycles. The minimum Gasteiger partial charge on any atom is -0.497 e. The van der Waals surface area contributed by atoms with Gasteiger partial charge in [0, 0.05) is 16.8 Å². The fourth-order valence-corrected chi connectivity index (χ4v) is 2.66. The molecule has 6 nitrogen and oxygen atoms in total. The van der Waals surface area contributed by atoms with Crippen molar-refractivity contribution < 1.29 is 24.2 Å². The van der Waals surface area contributed by atoms with Gasteiger partial charge >= 0.3 is 0 Å². The molecule has 0 radical (unpaired) electrons. The number of carbonyl (C=O) groups is 2. The molecule has 3 aromatic carbocycles. The number of ether oxygens (including phenoxy) is 2. The van der Waals surface area contributed by atoms with E-state index in [-0.39, 0.29) is 5.91 Å². The summed E-state index contributed by atoms with van der Waals surface area (Å²) >= 11 is 0. The summed E-state index contributed by atoms with van der Waals surface area (Å²) in [6.45, 7) is -0.170. The number of methoxy groups -OCH3 is 1. The van der Waals surface area contributed by atoms with Gasteiger partial charge in [-0.3, -0.25) is 9.59 Å². The van der Waals surface area contributed by atoms with Gasteiger partial charge in [0.05, 0.1) is 7.11 Å². The van der Waals surface area contributed by atoms with E-state index in [1.54, 1.807) is 49.6 Å². The SMILES string of the molecule is COc1ccc(COc2ccc(C(=O)Nc3cccc(C(=O)CO)c3)cc2)cc1. The molecule has 0 aromatic heterocycles. The molecule has 0 fully saturated rings. The number of benzene rings is 3. The first kappa shape index (κ1) is 20.1. The van der Waals surface area contributed by atoms with E-state index >= 15 is 0 Å². The van der Waals surface area contributed by atoms with Gasteiger partial charge in [-0.25, -0.2) is 0 Å². The van der Waals surface area contributed by atoms with Crippen LogP contribution in [0.3, 0.4) is 0 Å². The largest absolute Gasteiger partial charge is 0.497 e. The molecule has 6 heteroatoms. The number of aliphatic hydroxyl groups is 1. The highest BCUT2D eigenvalue weighted by Crippen LogP contribution is 2.18. The van der Waals surface area contributed by atoms with Crippen LogP contribution in [0.1, 0.15) is 26.3 Å². The lowest BCUT2D eigenvalue weighted by Gasteiger charge is -2.09. The highest BCUT2D eigenvalue weighted by molar-refractivity contribution is 6.05. The predicted octanol–water partition coefficient (Wildman–Crippen LogP) is 3.70. The van der Waals surface area contributed by atoms with Gasteiger partial charge in [0.25, 0.3) is 5.91 Å². The first-order chi connectivity index (χ1) is 14.1. The summed E-state index contributed by atoms with van der Waals surface area (Å²) in [5.74, 6) is 0.725. The van der Waals surface area contributed by atoms with E-state index in [1.165, 1.54) is 6.07 Å². The third-order valence-electron chi connectivity index (χ3n) is 4.27. The molecule has 2 N–H and O–H groups in total. The maximum absolute atomic E-state index is 12.4. The molecule has 0 saturated carbocycles. The van der Waals surface area contributed by atoms with Gasteiger partial charge in [0.2, 0.25) is 0 Å². The summed E-state index contributed by atoms with van der Waals surface area (Å²) < 4.78 is 10.9. The molecule has 29 heavy (non-hydrogen) atoms. The zero-order valence-corrected chi connectivity index (χ0v) is 15.9. The van der Waals surface area contributed by atoms with Crippen LogP contribution in [0.2, 0.25) is 0 Å². The Labute approximate surface area is 168 Å². The quantitative estimate of drug-likeness (QED) is 0.572. The molecule has 3 rings (SSSR count). The number of hydrogen-bond acceptors (Lipinski definition) is 5. The highest BCUT2D eigenvalue weighted by Gasteiger charge is 2.09. The predicted molar refractivity (Wildman–Crippen MR) is 110 cm³/mol. The van der Waals surface area contributed by atoms with E-state index < -0.39 is 12.4 Å². The Hall–Kier alpha value is -3.64. The molecule has 3 aromatic rings. The third-order valence-corrected chi connectivity index (χ3v) is 4.27. The van der Waals surface area contributed by atoms with Gasteiger partial charge in [-0.05, 0) is 54.1 Å². The molecule has 0 aliphatic carbocycles. The van der Waals surface area contributed by atoms with E-state index in [4.69, 9.17) is 14.6 Å². The van der Waals surface area contributed by atoms with Gasteiger partial charge in [-0.1, -0.05) is 24.3 Å². The average molecular weight is 391 g/mol. The van der Waals surface area contributed by atoms with Gasteiger partial charge in [0.15, 0.2) is 5.78 Å². The lowest BCUT2D eigenvalue weighted by molar-refractivity contribution is 0.0903. The molecule has 0 atom stereocenters. The molecule has 0 unspecified atom stereocenters. The summed E-state index contributed by atoms with van der Waals surface area (Å²) in [5.41, 5.74) is 2.28. The van der Waals surface area contributed by atoms with E-state index in [9.17, 15) is 9.59 Å². The Morgan fingerprint density at radius 1 is 0.897 bits per heavy atom. The average Bonchev–Trinajstić information content (AvgIpc) is 2.78. The van der Waals surface area contributed by atoms with E-state index in [2.05, 4.69) is 5.32 Å². The number of amides is 1. The first-order valence-corrected chi connectivity index (χ1v) is 9.00. The Bertz CT molecular complexity index is 981. The second kappa shape index (κ2) is 9.52. The Kier molecular flexibility index (Phi) is 6.60. The van der Waals surface area contributed by atoms with Crippen LogP contribution < -0.4 is 14.8 Å². The number of aliphatic hydroxyl groups excluding tert-OH is 1. The van der Waals surface area contributed by atoms with Crippen LogP contribution in [0.4, 0.5) is 5.69 Å². The second-order valence-corrected chi connectivity index (χ2v) is 6.28. The number of Topliss-reactive ketones (excluding diaryl/α,β-unsaturated/α-hetero) is 1. The lowest BCUT2D eigenvalue weighted by atomic mass is 10.1. The Balaban J connectivity index is 1.59. The number of ketones is 1. The molecule has 1 amide bonds. The van der Waals surface area contributed by atoms with Crippen LogP contribution in [0.25, 0.3) is 0 Å². The summed E-state index contributed by atoms with van der Waals surface area (Å²) in [6.07, 6.45) is 0. The van der Waals surface area contributed by atoms with Crippen molar-refractivity contribution >= 4 is 17.4 Å². The van der Waals surface area contributed by atoms with Gasteiger partial charge in [0.1, 0.15) is 24.7 Å².